The predicted octanol–water partition coefficient (Wildman–Crippen LogP) is 2.41. The molecule has 0 saturated carbocycles. The summed E-state index contributed by atoms with van der Waals surface area (Å²) in [5.74, 6) is -1.17. The maximum Gasteiger partial charge on any atom is 0.356 e. The van der Waals surface area contributed by atoms with Crippen LogP contribution < -0.4 is 4.90 Å². The fourth-order valence-electron chi connectivity index (χ4n) is 2.84. The van der Waals surface area contributed by atoms with E-state index in [0.717, 1.165) is 19.4 Å². The number of aromatic nitrogens is 2. The molecule has 0 spiro atoms. The van der Waals surface area contributed by atoms with Crippen LogP contribution >= 0.6 is 0 Å². The molecule has 0 amide bonds. The summed E-state index contributed by atoms with van der Waals surface area (Å²) >= 11 is 0. The van der Waals surface area contributed by atoms with Gasteiger partial charge in [-0.2, -0.15) is 0 Å². The first-order valence-corrected chi connectivity index (χ1v) is 7.64. The van der Waals surface area contributed by atoms with Gasteiger partial charge in [0.15, 0.2) is 11.5 Å². The Bertz CT molecular complexity index is 747. The largest absolute Gasteiger partial charge is 0.476 e. The Labute approximate surface area is 138 Å². The van der Waals surface area contributed by atoms with Gasteiger partial charge in [0.25, 0.3) is 0 Å². The van der Waals surface area contributed by atoms with Gasteiger partial charge in [0.2, 0.25) is 0 Å². The van der Waals surface area contributed by atoms with Crippen molar-refractivity contribution in [3.05, 3.63) is 53.7 Å². The van der Waals surface area contributed by atoms with Crippen LogP contribution in [0.3, 0.4) is 0 Å². The van der Waals surface area contributed by atoms with Crippen molar-refractivity contribution < 1.29 is 19.1 Å². The first-order chi connectivity index (χ1) is 11.5. The lowest BCUT2D eigenvalue weighted by molar-refractivity contribution is 0.0689. The van der Waals surface area contributed by atoms with Gasteiger partial charge in [0.05, 0.1) is 12.4 Å². The molecule has 1 unspecified atom stereocenters. The second kappa shape index (κ2) is 6.74. The van der Waals surface area contributed by atoms with E-state index >= 15 is 0 Å². The van der Waals surface area contributed by atoms with E-state index in [1.54, 1.807) is 0 Å². The van der Waals surface area contributed by atoms with Gasteiger partial charge in [0, 0.05) is 24.6 Å². The summed E-state index contributed by atoms with van der Waals surface area (Å²) in [6.45, 7) is 1.21. The molecule has 124 valence electrons. The minimum absolute atomic E-state index is 0.0187. The molecule has 0 aliphatic carbocycles. The number of hydrogen-bond donors (Lipinski definition) is 1. The number of Topliss-reactive ketones (excluding diaryl/α,β-unsaturated/α-hetero) is 1. The Morgan fingerprint density at radius 2 is 1.92 bits per heavy atom. The van der Waals surface area contributed by atoms with E-state index in [1.165, 1.54) is 36.7 Å². The number of benzene rings is 1. The van der Waals surface area contributed by atoms with Crippen molar-refractivity contribution in [3.8, 4) is 0 Å². The number of carboxylic acid groups (broad SMARTS) is 1. The number of ketones is 1. The maximum atomic E-state index is 13.0. The van der Waals surface area contributed by atoms with Gasteiger partial charge in [-0.1, -0.05) is 0 Å². The van der Waals surface area contributed by atoms with E-state index in [0.29, 0.717) is 17.9 Å². The van der Waals surface area contributed by atoms with Crippen molar-refractivity contribution in [3.63, 3.8) is 0 Å². The van der Waals surface area contributed by atoms with E-state index in [4.69, 9.17) is 5.11 Å². The third kappa shape index (κ3) is 3.40. The summed E-state index contributed by atoms with van der Waals surface area (Å²) < 4.78 is 13.0. The summed E-state index contributed by atoms with van der Waals surface area (Å²) in [7, 11) is 0. The van der Waals surface area contributed by atoms with Crippen molar-refractivity contribution in [2.75, 3.05) is 18.0 Å². The standard InChI is InChI=1S/C17H16FN3O3/c18-13-5-3-11(4-6-13)16(22)12-2-1-7-21(10-12)15-9-19-14(8-20-15)17(23)24/h3-6,8-9,12H,1-2,7,10H2,(H,23,24). The molecule has 1 fully saturated rings. The molecule has 1 N–H and O–H groups in total. The zero-order valence-electron chi connectivity index (χ0n) is 12.9. The van der Waals surface area contributed by atoms with Crippen LogP contribution in [0.1, 0.15) is 33.7 Å². The average Bonchev–Trinajstić information content (AvgIpc) is 2.62. The quantitative estimate of drug-likeness (QED) is 0.867. The Hall–Kier alpha value is -2.83. The zero-order valence-corrected chi connectivity index (χ0v) is 12.9. The maximum absolute atomic E-state index is 13.0. The van der Waals surface area contributed by atoms with E-state index < -0.39 is 5.97 Å². The van der Waals surface area contributed by atoms with Crippen molar-refractivity contribution in [1.29, 1.82) is 0 Å². The van der Waals surface area contributed by atoms with Crippen LogP contribution in [0.5, 0.6) is 0 Å². The number of carbonyl (C=O) groups is 2. The monoisotopic (exact) mass is 329 g/mol. The predicted molar refractivity (Wildman–Crippen MR) is 84.7 cm³/mol. The highest BCUT2D eigenvalue weighted by molar-refractivity contribution is 5.98. The van der Waals surface area contributed by atoms with Gasteiger partial charge < -0.3 is 10.0 Å². The smallest absolute Gasteiger partial charge is 0.356 e. The molecule has 1 saturated heterocycles. The summed E-state index contributed by atoms with van der Waals surface area (Å²) in [4.78, 5) is 33.3. The van der Waals surface area contributed by atoms with Gasteiger partial charge in [-0.3, -0.25) is 4.79 Å². The van der Waals surface area contributed by atoms with Gasteiger partial charge in [0.1, 0.15) is 11.6 Å². The lowest BCUT2D eigenvalue weighted by Crippen LogP contribution is -2.39. The molecule has 2 heterocycles. The van der Waals surface area contributed by atoms with E-state index in [-0.39, 0.29) is 23.2 Å². The van der Waals surface area contributed by atoms with E-state index in [2.05, 4.69) is 9.97 Å². The minimum atomic E-state index is -1.13. The molecule has 1 aliphatic heterocycles. The Kier molecular flexibility index (Phi) is 4.50. The minimum Gasteiger partial charge on any atom is -0.476 e. The molecule has 6 nitrogen and oxygen atoms in total. The number of carbonyl (C=O) groups excluding carboxylic acids is 1. The van der Waals surface area contributed by atoms with Crippen molar-refractivity contribution in [2.45, 2.75) is 12.8 Å². The number of halogens is 1. The number of aromatic carboxylic acids is 1. The molecule has 0 radical (unpaired) electrons. The van der Waals surface area contributed by atoms with Crippen LogP contribution in [0.4, 0.5) is 10.2 Å². The van der Waals surface area contributed by atoms with Gasteiger partial charge in [-0.15, -0.1) is 0 Å². The van der Waals surface area contributed by atoms with Crippen molar-refractivity contribution in [2.24, 2.45) is 5.92 Å². The lowest BCUT2D eigenvalue weighted by Gasteiger charge is -2.32. The highest BCUT2D eigenvalue weighted by Crippen LogP contribution is 2.24. The number of piperidine rings is 1. The summed E-state index contributed by atoms with van der Waals surface area (Å²) in [6.07, 6.45) is 4.20. The zero-order chi connectivity index (χ0) is 17.1. The second-order valence-corrected chi connectivity index (χ2v) is 5.72. The van der Waals surface area contributed by atoms with Crippen LogP contribution in [0.15, 0.2) is 36.7 Å². The Morgan fingerprint density at radius 3 is 2.54 bits per heavy atom. The Morgan fingerprint density at radius 1 is 1.17 bits per heavy atom. The van der Waals surface area contributed by atoms with Crippen LogP contribution in [-0.4, -0.2) is 39.9 Å². The fourth-order valence-corrected chi connectivity index (χ4v) is 2.84. The van der Waals surface area contributed by atoms with Crippen LogP contribution in [0, 0.1) is 11.7 Å². The van der Waals surface area contributed by atoms with Crippen molar-refractivity contribution >= 4 is 17.6 Å². The molecular weight excluding hydrogens is 313 g/mol. The van der Waals surface area contributed by atoms with Crippen molar-refractivity contribution in [1.82, 2.24) is 9.97 Å². The Balaban J connectivity index is 1.72. The highest BCUT2D eigenvalue weighted by atomic mass is 19.1. The normalized spacial score (nSPS) is 17.5. The number of nitrogens with zero attached hydrogens (tertiary/aromatic N) is 3. The van der Waals surface area contributed by atoms with Gasteiger partial charge >= 0.3 is 5.97 Å². The fraction of sp³-hybridized carbons (Fsp3) is 0.294. The number of anilines is 1. The number of hydrogen-bond acceptors (Lipinski definition) is 5. The van der Waals surface area contributed by atoms with Crippen LogP contribution in [0.25, 0.3) is 0 Å². The molecule has 1 aliphatic rings. The third-order valence-electron chi connectivity index (χ3n) is 4.10. The molecule has 7 heteroatoms. The number of rotatable bonds is 4. The molecule has 1 aromatic carbocycles. The first kappa shape index (κ1) is 16.0. The van der Waals surface area contributed by atoms with E-state index in [1.807, 2.05) is 4.90 Å². The van der Waals surface area contributed by atoms with Gasteiger partial charge in [-0.05, 0) is 37.1 Å². The van der Waals surface area contributed by atoms with E-state index in [9.17, 15) is 14.0 Å². The molecule has 24 heavy (non-hydrogen) atoms. The average molecular weight is 329 g/mol. The second-order valence-electron chi connectivity index (χ2n) is 5.72. The molecule has 1 atom stereocenters. The number of carboxylic acids is 1. The van der Waals surface area contributed by atoms with Gasteiger partial charge in [-0.25, -0.2) is 19.2 Å². The SMILES string of the molecule is O=C(O)c1cnc(N2CCCC(C(=O)c3ccc(F)cc3)C2)cn1. The first-order valence-electron chi connectivity index (χ1n) is 7.64. The molecule has 0 bridgehead atoms. The summed E-state index contributed by atoms with van der Waals surface area (Å²) in [6, 6.07) is 5.56. The molecule has 1 aromatic heterocycles. The summed E-state index contributed by atoms with van der Waals surface area (Å²) in [5.41, 5.74) is 0.380. The lowest BCUT2D eigenvalue weighted by atomic mass is 9.90. The van der Waals surface area contributed by atoms with Crippen LogP contribution in [0.2, 0.25) is 0 Å². The molecular formula is C17H16FN3O3. The molecule has 3 rings (SSSR count). The van der Waals surface area contributed by atoms with Crippen LogP contribution in [-0.2, 0) is 0 Å². The summed E-state index contributed by atoms with van der Waals surface area (Å²) in [5, 5.41) is 8.86. The topological polar surface area (TPSA) is 83.4 Å². The molecule has 2 aromatic rings. The highest BCUT2D eigenvalue weighted by Gasteiger charge is 2.27. The third-order valence-corrected chi connectivity index (χ3v) is 4.10.